The van der Waals surface area contributed by atoms with Gasteiger partial charge in [0.15, 0.2) is 0 Å². The molecule has 0 spiro atoms. The van der Waals surface area contributed by atoms with Crippen molar-refractivity contribution in [3.05, 3.63) is 59.1 Å². The van der Waals surface area contributed by atoms with Crippen LogP contribution in [0.4, 0.5) is 0 Å². The van der Waals surface area contributed by atoms with Gasteiger partial charge in [-0.25, -0.2) is 9.97 Å². The predicted octanol–water partition coefficient (Wildman–Crippen LogP) is 2.54. The molecule has 3 aromatic rings. The van der Waals surface area contributed by atoms with E-state index in [1.165, 1.54) is 12.3 Å². The van der Waals surface area contributed by atoms with Crippen LogP contribution in [0.3, 0.4) is 0 Å². The van der Waals surface area contributed by atoms with Crippen molar-refractivity contribution in [1.82, 2.24) is 20.3 Å². The van der Waals surface area contributed by atoms with Gasteiger partial charge in [0.25, 0.3) is 5.91 Å². The number of amides is 1. The average molecular weight is 287 g/mol. The first-order valence-corrected chi connectivity index (χ1v) is 6.43. The number of rotatable bonds is 3. The Balaban J connectivity index is 1.71. The van der Waals surface area contributed by atoms with Crippen molar-refractivity contribution in [3.63, 3.8) is 0 Å². The van der Waals surface area contributed by atoms with Crippen LogP contribution in [0.2, 0.25) is 5.15 Å². The Bertz CT molecular complexity index is 735. The highest BCUT2D eigenvalue weighted by atomic mass is 35.5. The molecule has 0 unspecified atom stereocenters. The topological polar surface area (TPSA) is 70.7 Å². The molecule has 100 valence electrons. The molecule has 0 radical (unpaired) electrons. The van der Waals surface area contributed by atoms with Crippen LogP contribution >= 0.6 is 11.6 Å². The van der Waals surface area contributed by atoms with E-state index in [0.717, 1.165) is 11.0 Å². The molecule has 0 aliphatic heterocycles. The van der Waals surface area contributed by atoms with Crippen molar-refractivity contribution in [1.29, 1.82) is 0 Å². The lowest BCUT2D eigenvalue weighted by molar-refractivity contribution is 0.0950. The Kier molecular flexibility index (Phi) is 3.35. The molecular weight excluding hydrogens is 276 g/mol. The smallest absolute Gasteiger partial charge is 0.251 e. The Morgan fingerprint density at radius 1 is 1.30 bits per heavy atom. The first kappa shape index (κ1) is 12.6. The second-order valence-electron chi connectivity index (χ2n) is 4.25. The zero-order chi connectivity index (χ0) is 13.9. The fourth-order valence-electron chi connectivity index (χ4n) is 1.90. The van der Waals surface area contributed by atoms with Gasteiger partial charge < -0.3 is 10.3 Å². The van der Waals surface area contributed by atoms with Crippen LogP contribution in [0, 0.1) is 0 Å². The molecule has 0 aliphatic rings. The molecule has 0 saturated heterocycles. The maximum Gasteiger partial charge on any atom is 0.251 e. The van der Waals surface area contributed by atoms with E-state index < -0.39 is 0 Å². The number of H-pyrrole nitrogens is 1. The van der Waals surface area contributed by atoms with Gasteiger partial charge in [-0.2, -0.15) is 0 Å². The highest BCUT2D eigenvalue weighted by Gasteiger charge is 2.08. The number of aromatic amines is 1. The zero-order valence-electron chi connectivity index (χ0n) is 10.4. The summed E-state index contributed by atoms with van der Waals surface area (Å²) >= 11 is 5.75. The normalized spacial score (nSPS) is 10.7. The van der Waals surface area contributed by atoms with Gasteiger partial charge in [-0.1, -0.05) is 23.7 Å². The number of aromatic nitrogens is 3. The van der Waals surface area contributed by atoms with Gasteiger partial charge in [0.1, 0.15) is 11.0 Å². The number of imidazole rings is 1. The van der Waals surface area contributed by atoms with E-state index >= 15 is 0 Å². The number of nitrogens with one attached hydrogen (secondary N) is 2. The van der Waals surface area contributed by atoms with E-state index in [2.05, 4.69) is 20.3 Å². The maximum atomic E-state index is 11.9. The lowest BCUT2D eigenvalue weighted by Crippen LogP contribution is -2.23. The minimum Gasteiger partial charge on any atom is -0.345 e. The molecule has 2 N–H and O–H groups in total. The van der Waals surface area contributed by atoms with Crippen molar-refractivity contribution >= 4 is 28.5 Å². The number of halogens is 1. The van der Waals surface area contributed by atoms with Crippen LogP contribution in [0.1, 0.15) is 16.2 Å². The van der Waals surface area contributed by atoms with Crippen molar-refractivity contribution in [2.24, 2.45) is 0 Å². The highest BCUT2D eigenvalue weighted by molar-refractivity contribution is 6.29. The first-order chi connectivity index (χ1) is 9.72. The molecule has 1 amide bonds. The second-order valence-corrected chi connectivity index (χ2v) is 4.64. The van der Waals surface area contributed by atoms with Gasteiger partial charge in [0.05, 0.1) is 17.6 Å². The summed E-state index contributed by atoms with van der Waals surface area (Å²) in [5.41, 5.74) is 2.30. The van der Waals surface area contributed by atoms with Gasteiger partial charge in [-0.15, -0.1) is 0 Å². The molecular formula is C14H11ClN4O. The lowest BCUT2D eigenvalue weighted by Gasteiger charge is -2.03. The molecule has 1 aromatic carbocycles. The summed E-state index contributed by atoms with van der Waals surface area (Å²) in [6.07, 6.45) is 1.50. The minimum atomic E-state index is -0.213. The number of para-hydroxylation sites is 2. The molecule has 0 aliphatic carbocycles. The second kappa shape index (κ2) is 5.30. The van der Waals surface area contributed by atoms with E-state index in [-0.39, 0.29) is 5.91 Å². The van der Waals surface area contributed by atoms with Gasteiger partial charge in [-0.3, -0.25) is 4.79 Å². The van der Waals surface area contributed by atoms with E-state index in [1.807, 2.05) is 24.3 Å². The van der Waals surface area contributed by atoms with Crippen LogP contribution in [0.15, 0.2) is 42.6 Å². The van der Waals surface area contributed by atoms with E-state index in [0.29, 0.717) is 23.1 Å². The molecule has 0 bridgehead atoms. The summed E-state index contributed by atoms with van der Waals surface area (Å²) < 4.78 is 0. The summed E-state index contributed by atoms with van der Waals surface area (Å²) in [7, 11) is 0. The number of carbonyl (C=O) groups excluding carboxylic acids is 1. The number of hydrogen-bond donors (Lipinski definition) is 2. The van der Waals surface area contributed by atoms with E-state index in [1.54, 1.807) is 6.07 Å². The van der Waals surface area contributed by atoms with Gasteiger partial charge in [0, 0.05) is 11.8 Å². The molecule has 2 aromatic heterocycles. The molecule has 5 nitrogen and oxygen atoms in total. The largest absolute Gasteiger partial charge is 0.345 e. The Morgan fingerprint density at radius 2 is 2.15 bits per heavy atom. The van der Waals surface area contributed by atoms with Gasteiger partial charge >= 0.3 is 0 Å². The van der Waals surface area contributed by atoms with Crippen molar-refractivity contribution in [2.45, 2.75) is 6.54 Å². The maximum absolute atomic E-state index is 11.9. The highest BCUT2D eigenvalue weighted by Crippen LogP contribution is 2.10. The lowest BCUT2D eigenvalue weighted by atomic mass is 10.2. The van der Waals surface area contributed by atoms with Crippen LogP contribution in [-0.2, 0) is 6.54 Å². The minimum absolute atomic E-state index is 0.213. The van der Waals surface area contributed by atoms with Crippen molar-refractivity contribution < 1.29 is 4.79 Å². The summed E-state index contributed by atoms with van der Waals surface area (Å²) in [5, 5.41) is 3.08. The number of hydrogen-bond acceptors (Lipinski definition) is 3. The Hall–Kier alpha value is -2.40. The van der Waals surface area contributed by atoms with Crippen molar-refractivity contribution in [2.75, 3.05) is 0 Å². The number of nitrogens with zero attached hydrogens (tertiary/aromatic N) is 2. The fraction of sp³-hybridized carbons (Fsp3) is 0.0714. The molecule has 2 heterocycles. The van der Waals surface area contributed by atoms with Crippen LogP contribution in [-0.4, -0.2) is 20.9 Å². The average Bonchev–Trinajstić information content (AvgIpc) is 2.87. The number of benzene rings is 1. The third-order valence-electron chi connectivity index (χ3n) is 2.84. The van der Waals surface area contributed by atoms with Crippen LogP contribution in [0.25, 0.3) is 11.0 Å². The molecule has 0 fully saturated rings. The summed E-state index contributed by atoms with van der Waals surface area (Å²) in [5.74, 6) is 0.495. The zero-order valence-corrected chi connectivity index (χ0v) is 11.2. The predicted molar refractivity (Wildman–Crippen MR) is 76.5 cm³/mol. The van der Waals surface area contributed by atoms with Crippen LogP contribution in [0.5, 0.6) is 0 Å². The molecule has 20 heavy (non-hydrogen) atoms. The standard InChI is InChI=1S/C14H11ClN4O/c15-12-7-9(5-6-16-12)14(20)17-8-13-18-10-3-1-2-4-11(10)19-13/h1-7H,8H2,(H,17,20)(H,18,19). The Morgan fingerprint density at radius 3 is 2.95 bits per heavy atom. The van der Waals surface area contributed by atoms with Crippen LogP contribution < -0.4 is 5.32 Å². The summed E-state index contributed by atoms with van der Waals surface area (Å²) in [4.78, 5) is 23.3. The summed E-state index contributed by atoms with van der Waals surface area (Å²) in [6, 6.07) is 10.8. The number of fused-ring (bicyclic) bond motifs is 1. The number of carbonyl (C=O) groups is 1. The third-order valence-corrected chi connectivity index (χ3v) is 3.05. The monoisotopic (exact) mass is 286 g/mol. The first-order valence-electron chi connectivity index (χ1n) is 6.06. The number of pyridine rings is 1. The molecule has 3 rings (SSSR count). The Labute approximate surface area is 120 Å². The quantitative estimate of drug-likeness (QED) is 0.727. The van der Waals surface area contributed by atoms with E-state index in [9.17, 15) is 4.79 Å². The molecule has 0 saturated carbocycles. The van der Waals surface area contributed by atoms with Gasteiger partial charge in [0.2, 0.25) is 0 Å². The summed E-state index contributed by atoms with van der Waals surface area (Å²) in [6.45, 7) is 0.327. The fourth-order valence-corrected chi connectivity index (χ4v) is 2.07. The van der Waals surface area contributed by atoms with Gasteiger partial charge in [-0.05, 0) is 24.3 Å². The van der Waals surface area contributed by atoms with E-state index in [4.69, 9.17) is 11.6 Å². The van der Waals surface area contributed by atoms with Crippen molar-refractivity contribution in [3.8, 4) is 0 Å². The SMILES string of the molecule is O=C(NCc1nc2ccccc2[nH]1)c1ccnc(Cl)c1. The molecule has 0 atom stereocenters. The molecule has 6 heteroatoms. The third kappa shape index (κ3) is 2.62.